The minimum absolute atomic E-state index is 0.115. The molecule has 1 aromatic rings. The lowest BCUT2D eigenvalue weighted by molar-refractivity contribution is 0.181. The van der Waals surface area contributed by atoms with E-state index in [4.69, 9.17) is 10.5 Å². The van der Waals surface area contributed by atoms with E-state index in [2.05, 4.69) is 4.98 Å². The minimum atomic E-state index is 0.115. The molecule has 1 aromatic heterocycles. The van der Waals surface area contributed by atoms with Crippen LogP contribution in [-0.4, -0.2) is 18.2 Å². The molecule has 2 atom stereocenters. The normalized spacial score (nSPS) is 24.1. The maximum atomic E-state index is 6.20. The number of hydrogen-bond donors (Lipinski definition) is 1. The number of ether oxygens (including phenoxy) is 1. The van der Waals surface area contributed by atoms with Crippen LogP contribution in [0.3, 0.4) is 0 Å². The van der Waals surface area contributed by atoms with Crippen LogP contribution in [0, 0.1) is 19.8 Å². The molecule has 2 heterocycles. The van der Waals surface area contributed by atoms with Crippen molar-refractivity contribution in [2.75, 3.05) is 13.2 Å². The van der Waals surface area contributed by atoms with Gasteiger partial charge in [-0.15, -0.1) is 11.3 Å². The summed E-state index contributed by atoms with van der Waals surface area (Å²) in [4.78, 5) is 5.64. The molecule has 0 amide bonds. The molecular weight excluding hydrogens is 196 g/mol. The Labute approximate surface area is 88.3 Å². The Balaban J connectivity index is 2.17. The molecule has 0 radical (unpaired) electrons. The van der Waals surface area contributed by atoms with Gasteiger partial charge in [0.05, 0.1) is 17.3 Å². The lowest BCUT2D eigenvalue weighted by Gasteiger charge is -2.16. The Hall–Kier alpha value is -0.450. The molecule has 2 rings (SSSR count). The average molecular weight is 212 g/mol. The summed E-state index contributed by atoms with van der Waals surface area (Å²) in [5.41, 5.74) is 7.29. The lowest BCUT2D eigenvalue weighted by atomic mass is 9.98. The first-order valence-electron chi connectivity index (χ1n) is 4.95. The summed E-state index contributed by atoms with van der Waals surface area (Å²) < 4.78 is 5.35. The van der Waals surface area contributed by atoms with E-state index in [0.29, 0.717) is 5.92 Å². The first-order chi connectivity index (χ1) is 6.68. The Morgan fingerprint density at radius 2 is 2.36 bits per heavy atom. The maximum absolute atomic E-state index is 6.20. The van der Waals surface area contributed by atoms with Crippen molar-refractivity contribution >= 4 is 11.3 Å². The van der Waals surface area contributed by atoms with Crippen molar-refractivity contribution in [1.82, 2.24) is 4.98 Å². The number of rotatable bonds is 2. The molecule has 1 aliphatic heterocycles. The Morgan fingerprint density at radius 1 is 1.57 bits per heavy atom. The van der Waals surface area contributed by atoms with Gasteiger partial charge in [0.15, 0.2) is 0 Å². The van der Waals surface area contributed by atoms with Crippen molar-refractivity contribution < 1.29 is 4.74 Å². The first-order valence-corrected chi connectivity index (χ1v) is 5.77. The maximum Gasteiger partial charge on any atom is 0.0900 e. The highest BCUT2D eigenvalue weighted by atomic mass is 32.1. The minimum Gasteiger partial charge on any atom is -0.381 e. The van der Waals surface area contributed by atoms with Gasteiger partial charge in [-0.2, -0.15) is 0 Å². The third-order valence-electron chi connectivity index (χ3n) is 2.71. The molecule has 1 saturated heterocycles. The van der Waals surface area contributed by atoms with Crippen molar-refractivity contribution in [2.24, 2.45) is 11.7 Å². The van der Waals surface area contributed by atoms with E-state index in [0.717, 1.165) is 30.3 Å². The molecule has 0 aromatic carbocycles. The van der Waals surface area contributed by atoms with Gasteiger partial charge in [-0.3, -0.25) is 0 Å². The van der Waals surface area contributed by atoms with E-state index in [1.54, 1.807) is 11.3 Å². The zero-order valence-electron chi connectivity index (χ0n) is 8.62. The largest absolute Gasteiger partial charge is 0.381 e. The molecule has 78 valence electrons. The zero-order chi connectivity index (χ0) is 10.1. The topological polar surface area (TPSA) is 48.1 Å². The number of thiazole rings is 1. The number of nitrogens with zero attached hydrogens (tertiary/aromatic N) is 1. The SMILES string of the molecule is Cc1nc(C)c(C(N)C2CCOC2)s1. The molecule has 3 nitrogen and oxygen atoms in total. The predicted octanol–water partition coefficient (Wildman–Crippen LogP) is 1.80. The summed E-state index contributed by atoms with van der Waals surface area (Å²) in [5.74, 6) is 0.480. The van der Waals surface area contributed by atoms with Crippen molar-refractivity contribution in [3.8, 4) is 0 Å². The van der Waals surface area contributed by atoms with Crippen LogP contribution in [0.1, 0.15) is 28.0 Å². The molecule has 14 heavy (non-hydrogen) atoms. The van der Waals surface area contributed by atoms with Crippen LogP contribution in [0.15, 0.2) is 0 Å². The number of aromatic nitrogens is 1. The van der Waals surface area contributed by atoms with Gasteiger partial charge < -0.3 is 10.5 Å². The average Bonchev–Trinajstić information content (AvgIpc) is 2.73. The van der Waals surface area contributed by atoms with Crippen LogP contribution >= 0.6 is 11.3 Å². The van der Waals surface area contributed by atoms with E-state index in [9.17, 15) is 0 Å². The van der Waals surface area contributed by atoms with Gasteiger partial charge in [-0.1, -0.05) is 0 Å². The molecule has 0 bridgehead atoms. The van der Waals surface area contributed by atoms with Gasteiger partial charge in [0.25, 0.3) is 0 Å². The van der Waals surface area contributed by atoms with Gasteiger partial charge in [0.2, 0.25) is 0 Å². The molecule has 0 saturated carbocycles. The van der Waals surface area contributed by atoms with Crippen LogP contribution in [0.2, 0.25) is 0 Å². The second kappa shape index (κ2) is 3.96. The van der Waals surface area contributed by atoms with Crippen LogP contribution in [0.4, 0.5) is 0 Å². The third kappa shape index (κ3) is 1.82. The van der Waals surface area contributed by atoms with E-state index in [1.165, 1.54) is 4.88 Å². The summed E-state index contributed by atoms with van der Waals surface area (Å²) >= 11 is 1.72. The van der Waals surface area contributed by atoms with Crippen molar-refractivity contribution in [2.45, 2.75) is 26.3 Å². The highest BCUT2D eigenvalue weighted by Gasteiger charge is 2.26. The molecule has 4 heteroatoms. The van der Waals surface area contributed by atoms with Crippen LogP contribution < -0.4 is 5.73 Å². The van der Waals surface area contributed by atoms with E-state index < -0.39 is 0 Å². The van der Waals surface area contributed by atoms with Crippen molar-refractivity contribution in [1.29, 1.82) is 0 Å². The molecule has 2 N–H and O–H groups in total. The molecule has 0 aliphatic carbocycles. The molecule has 0 spiro atoms. The predicted molar refractivity (Wildman–Crippen MR) is 57.4 cm³/mol. The number of aryl methyl sites for hydroxylation is 2. The Bertz CT molecular complexity index is 318. The number of hydrogen-bond acceptors (Lipinski definition) is 4. The summed E-state index contributed by atoms with van der Waals surface area (Å²) in [6, 6.07) is 0.115. The standard InChI is InChI=1S/C10H16N2OS/c1-6-10(14-7(2)12-6)9(11)8-3-4-13-5-8/h8-9H,3-5,11H2,1-2H3. The fraction of sp³-hybridized carbons (Fsp3) is 0.700. The van der Waals surface area contributed by atoms with E-state index >= 15 is 0 Å². The zero-order valence-corrected chi connectivity index (χ0v) is 9.43. The molecule has 1 fully saturated rings. The summed E-state index contributed by atoms with van der Waals surface area (Å²) in [6.07, 6.45) is 1.08. The van der Waals surface area contributed by atoms with E-state index in [-0.39, 0.29) is 6.04 Å². The quantitative estimate of drug-likeness (QED) is 0.813. The van der Waals surface area contributed by atoms with Gasteiger partial charge >= 0.3 is 0 Å². The van der Waals surface area contributed by atoms with Crippen LogP contribution in [-0.2, 0) is 4.74 Å². The first kappa shape index (κ1) is 10.1. The summed E-state index contributed by atoms with van der Waals surface area (Å²) in [6.45, 7) is 5.72. The van der Waals surface area contributed by atoms with Gasteiger partial charge in [-0.05, 0) is 20.3 Å². The van der Waals surface area contributed by atoms with E-state index in [1.807, 2.05) is 13.8 Å². The van der Waals surface area contributed by atoms with Crippen molar-refractivity contribution in [3.63, 3.8) is 0 Å². The van der Waals surface area contributed by atoms with Gasteiger partial charge in [0.1, 0.15) is 0 Å². The fourth-order valence-electron chi connectivity index (χ4n) is 1.91. The molecule has 1 aliphatic rings. The van der Waals surface area contributed by atoms with Crippen LogP contribution in [0.25, 0.3) is 0 Å². The van der Waals surface area contributed by atoms with Crippen LogP contribution in [0.5, 0.6) is 0 Å². The highest BCUT2D eigenvalue weighted by Crippen LogP contribution is 2.32. The number of nitrogens with two attached hydrogens (primary N) is 1. The summed E-state index contributed by atoms with van der Waals surface area (Å²) in [5, 5.41) is 1.10. The molecule has 2 unspecified atom stereocenters. The monoisotopic (exact) mass is 212 g/mol. The Kier molecular flexibility index (Phi) is 2.85. The lowest BCUT2D eigenvalue weighted by Crippen LogP contribution is -2.21. The second-order valence-corrected chi connectivity index (χ2v) is 5.07. The van der Waals surface area contributed by atoms with Crippen molar-refractivity contribution in [3.05, 3.63) is 15.6 Å². The molecular formula is C10H16N2OS. The second-order valence-electron chi connectivity index (χ2n) is 3.83. The van der Waals surface area contributed by atoms with Gasteiger partial charge in [0, 0.05) is 23.4 Å². The smallest absolute Gasteiger partial charge is 0.0900 e. The highest BCUT2D eigenvalue weighted by molar-refractivity contribution is 7.11. The third-order valence-corrected chi connectivity index (χ3v) is 3.89. The summed E-state index contributed by atoms with van der Waals surface area (Å²) in [7, 11) is 0. The van der Waals surface area contributed by atoms with Gasteiger partial charge in [-0.25, -0.2) is 4.98 Å². The Morgan fingerprint density at radius 3 is 2.86 bits per heavy atom. The fourth-order valence-corrected chi connectivity index (χ4v) is 2.93.